The molecule has 0 saturated carbocycles. The fourth-order valence-corrected chi connectivity index (χ4v) is 4.51. The van der Waals surface area contributed by atoms with Gasteiger partial charge in [0.15, 0.2) is 23.0 Å². The van der Waals surface area contributed by atoms with Crippen LogP contribution in [-0.4, -0.2) is 64.6 Å². The van der Waals surface area contributed by atoms with Crippen LogP contribution in [0.2, 0.25) is 0 Å². The summed E-state index contributed by atoms with van der Waals surface area (Å²) in [7, 11) is 5.96. The van der Waals surface area contributed by atoms with Crippen molar-refractivity contribution >= 4 is 36.2 Å². The van der Waals surface area contributed by atoms with E-state index in [1.165, 1.54) is 40.9 Å². The van der Waals surface area contributed by atoms with E-state index >= 15 is 0 Å². The van der Waals surface area contributed by atoms with Crippen LogP contribution >= 0.6 is 0 Å². The molecule has 0 aliphatic rings. The van der Waals surface area contributed by atoms with Gasteiger partial charge in [-0.25, -0.2) is 20.4 Å². The molecule has 0 atom stereocenters. The summed E-state index contributed by atoms with van der Waals surface area (Å²) >= 11 is 0. The second-order valence-corrected chi connectivity index (χ2v) is 10.9. The first kappa shape index (κ1) is 38.1. The van der Waals surface area contributed by atoms with Gasteiger partial charge < -0.3 is 28.4 Å². The first-order valence-electron chi connectivity index (χ1n) is 15.9. The van der Waals surface area contributed by atoms with Gasteiger partial charge in [-0.1, -0.05) is 0 Å². The van der Waals surface area contributed by atoms with Crippen molar-refractivity contribution in [3.63, 3.8) is 0 Å². The van der Waals surface area contributed by atoms with E-state index in [4.69, 9.17) is 28.4 Å². The Kier molecular flexibility index (Phi) is 14.3. The Morgan fingerprint density at radius 3 is 1.25 bits per heavy atom. The molecule has 270 valence electrons. The van der Waals surface area contributed by atoms with Crippen LogP contribution in [-0.2, 0) is 9.59 Å². The van der Waals surface area contributed by atoms with Crippen molar-refractivity contribution in [1.82, 2.24) is 10.9 Å². The lowest BCUT2D eigenvalue weighted by atomic mass is 10.2. The number of hydrogen-bond donors (Lipinski definition) is 2. The molecule has 52 heavy (non-hydrogen) atoms. The minimum atomic E-state index is -0.559. The van der Waals surface area contributed by atoms with Gasteiger partial charge in [-0.2, -0.15) is 10.2 Å². The molecule has 14 heteroatoms. The number of amides is 2. The lowest BCUT2D eigenvalue weighted by Gasteiger charge is -2.10. The number of esters is 2. The number of nitrogens with zero attached hydrogens (tertiary/aromatic N) is 2. The number of hydrazone groups is 2. The highest BCUT2D eigenvalue weighted by Gasteiger charge is 2.15. The number of unbranched alkanes of at least 4 members (excludes halogenated alkanes) is 1. The smallest absolute Gasteiger partial charge is 0.343 e. The molecule has 0 aliphatic heterocycles. The zero-order valence-corrected chi connectivity index (χ0v) is 29.0. The van der Waals surface area contributed by atoms with E-state index in [9.17, 15) is 19.2 Å². The highest BCUT2D eigenvalue weighted by Crippen LogP contribution is 2.30. The number of rotatable bonds is 17. The van der Waals surface area contributed by atoms with Crippen molar-refractivity contribution in [2.45, 2.75) is 25.7 Å². The van der Waals surface area contributed by atoms with Crippen LogP contribution in [0.5, 0.6) is 34.5 Å². The minimum Gasteiger partial charge on any atom is -0.497 e. The van der Waals surface area contributed by atoms with Crippen molar-refractivity contribution in [2.75, 3.05) is 28.4 Å². The van der Waals surface area contributed by atoms with Crippen LogP contribution in [0.3, 0.4) is 0 Å². The molecule has 0 unspecified atom stereocenters. The van der Waals surface area contributed by atoms with Crippen molar-refractivity contribution in [2.24, 2.45) is 10.2 Å². The molecule has 4 rings (SSSR count). The zero-order valence-electron chi connectivity index (χ0n) is 29.0. The van der Waals surface area contributed by atoms with E-state index in [-0.39, 0.29) is 36.2 Å². The first-order chi connectivity index (χ1) is 25.2. The van der Waals surface area contributed by atoms with Gasteiger partial charge in [0.25, 0.3) is 0 Å². The molecule has 0 bridgehead atoms. The lowest BCUT2D eigenvalue weighted by molar-refractivity contribution is -0.123. The molecule has 0 radical (unpaired) electrons. The summed E-state index contributed by atoms with van der Waals surface area (Å²) in [5, 5.41) is 7.94. The third-order valence-electron chi connectivity index (χ3n) is 7.30. The number of benzene rings is 4. The molecule has 0 spiro atoms. The van der Waals surface area contributed by atoms with E-state index in [2.05, 4.69) is 21.1 Å². The number of carbonyl (C=O) groups is 4. The van der Waals surface area contributed by atoms with Crippen molar-refractivity contribution < 1.29 is 47.6 Å². The maximum atomic E-state index is 12.5. The molecule has 0 aliphatic carbocycles. The number of nitrogens with one attached hydrogen (secondary N) is 2. The van der Waals surface area contributed by atoms with Gasteiger partial charge in [0.05, 0.1) is 52.0 Å². The molecule has 0 fully saturated rings. The average molecular weight is 711 g/mol. The largest absolute Gasteiger partial charge is 0.497 e. The molecular weight excluding hydrogens is 672 g/mol. The summed E-state index contributed by atoms with van der Waals surface area (Å²) in [6.07, 6.45) is 4.08. The summed E-state index contributed by atoms with van der Waals surface area (Å²) in [5.41, 5.74) is 6.79. The third kappa shape index (κ3) is 11.4. The Balaban J connectivity index is 1.15. The predicted molar refractivity (Wildman–Crippen MR) is 192 cm³/mol. The highest BCUT2D eigenvalue weighted by atomic mass is 16.6. The normalized spacial score (nSPS) is 10.8. The minimum absolute atomic E-state index is 0.159. The van der Waals surface area contributed by atoms with E-state index in [0.29, 0.717) is 58.1 Å². The molecular formula is C38H38N4O10. The van der Waals surface area contributed by atoms with Gasteiger partial charge in [0.2, 0.25) is 11.8 Å². The van der Waals surface area contributed by atoms with Crippen LogP contribution in [0.15, 0.2) is 95.1 Å². The zero-order chi connectivity index (χ0) is 37.3. The van der Waals surface area contributed by atoms with E-state index in [0.717, 1.165) is 0 Å². The molecule has 4 aromatic rings. The molecule has 14 nitrogen and oxygen atoms in total. The molecule has 0 saturated heterocycles. The lowest BCUT2D eigenvalue weighted by Crippen LogP contribution is -2.19. The van der Waals surface area contributed by atoms with Crippen LogP contribution in [0, 0.1) is 0 Å². The molecule has 4 aromatic carbocycles. The van der Waals surface area contributed by atoms with Gasteiger partial charge in [0.1, 0.15) is 11.5 Å². The Labute approximate surface area is 300 Å². The Bertz CT molecular complexity index is 1770. The Morgan fingerprint density at radius 1 is 0.519 bits per heavy atom. The monoisotopic (exact) mass is 710 g/mol. The van der Waals surface area contributed by atoms with E-state index in [1.54, 1.807) is 84.9 Å². The van der Waals surface area contributed by atoms with Crippen LogP contribution in [0.4, 0.5) is 0 Å². The topological polar surface area (TPSA) is 172 Å². The van der Waals surface area contributed by atoms with Crippen molar-refractivity contribution in [3.8, 4) is 34.5 Å². The van der Waals surface area contributed by atoms with Crippen LogP contribution in [0.25, 0.3) is 0 Å². The molecule has 2 N–H and O–H groups in total. The SMILES string of the molecule is COc1ccc(C(=O)Oc2ccc(/C=N/NC(=O)CCCCC(=O)N/N=C/c3ccc(OC(=O)c4ccc(OC)cc4)c(OC)c3)cc2OC)cc1. The maximum absolute atomic E-state index is 12.5. The Hall–Kier alpha value is -6.70. The van der Waals surface area contributed by atoms with Crippen LogP contribution < -0.4 is 39.3 Å². The van der Waals surface area contributed by atoms with Gasteiger partial charge in [-0.3, -0.25) is 9.59 Å². The molecule has 0 heterocycles. The van der Waals surface area contributed by atoms with Gasteiger partial charge in [0, 0.05) is 12.8 Å². The standard InChI is InChI=1S/C38H38N4O10/c1-47-29-15-11-27(12-16-29)37(45)51-31-19-9-25(21-33(31)49-3)23-39-41-35(43)7-5-6-8-36(44)42-40-24-26-10-20-32(34(22-26)50-4)52-38(46)28-13-17-30(48-2)18-14-28/h9-24H,5-8H2,1-4H3,(H,41,43)(H,42,44)/b39-23+,40-24+. The predicted octanol–water partition coefficient (Wildman–Crippen LogP) is 5.32. The molecule has 0 aromatic heterocycles. The second-order valence-electron chi connectivity index (χ2n) is 10.9. The quantitative estimate of drug-likeness (QED) is 0.0480. The summed E-state index contributed by atoms with van der Waals surface area (Å²) in [5.74, 6) is 0.533. The van der Waals surface area contributed by atoms with E-state index < -0.39 is 11.9 Å². The summed E-state index contributed by atoms with van der Waals surface area (Å²) in [6, 6.07) is 22.7. The van der Waals surface area contributed by atoms with Crippen molar-refractivity contribution in [1.29, 1.82) is 0 Å². The highest BCUT2D eigenvalue weighted by molar-refractivity contribution is 5.92. The molecule has 2 amide bonds. The second kappa shape index (κ2) is 19.5. The van der Waals surface area contributed by atoms with Gasteiger partial charge >= 0.3 is 11.9 Å². The third-order valence-corrected chi connectivity index (χ3v) is 7.30. The summed E-state index contributed by atoms with van der Waals surface area (Å²) < 4.78 is 31.9. The fourth-order valence-electron chi connectivity index (χ4n) is 4.51. The first-order valence-corrected chi connectivity index (χ1v) is 15.9. The Morgan fingerprint density at radius 2 is 0.904 bits per heavy atom. The van der Waals surface area contributed by atoms with Gasteiger partial charge in [-0.15, -0.1) is 0 Å². The maximum Gasteiger partial charge on any atom is 0.343 e. The number of carbonyl (C=O) groups excluding carboxylic acids is 4. The fraction of sp³-hybridized carbons (Fsp3) is 0.211. The summed E-state index contributed by atoms with van der Waals surface area (Å²) in [4.78, 5) is 49.5. The van der Waals surface area contributed by atoms with Crippen LogP contribution in [0.1, 0.15) is 57.5 Å². The van der Waals surface area contributed by atoms with E-state index in [1.807, 2.05) is 0 Å². The van der Waals surface area contributed by atoms with Gasteiger partial charge in [-0.05, 0) is 109 Å². The summed E-state index contributed by atoms with van der Waals surface area (Å²) in [6.45, 7) is 0. The number of ether oxygens (including phenoxy) is 6. The number of methoxy groups -OCH3 is 4. The average Bonchev–Trinajstić information content (AvgIpc) is 3.17. The van der Waals surface area contributed by atoms with Crippen molar-refractivity contribution in [3.05, 3.63) is 107 Å². The number of hydrogen-bond acceptors (Lipinski definition) is 12.